The maximum Gasteiger partial charge on any atom is 0.184 e. The summed E-state index contributed by atoms with van der Waals surface area (Å²) in [7, 11) is 0. The summed E-state index contributed by atoms with van der Waals surface area (Å²) in [6.07, 6.45) is 2.50. The van der Waals surface area contributed by atoms with Gasteiger partial charge in [0.05, 0.1) is 5.69 Å². The highest BCUT2D eigenvalue weighted by atomic mass is 32.1. The lowest BCUT2D eigenvalue weighted by atomic mass is 10.1. The Morgan fingerprint density at radius 1 is 1.33 bits per heavy atom. The van der Waals surface area contributed by atoms with Crippen LogP contribution in [-0.4, -0.2) is 20.2 Å². The number of aromatic nitrogens is 4. The molecule has 0 aliphatic heterocycles. The van der Waals surface area contributed by atoms with E-state index in [1.807, 2.05) is 0 Å². The topological polar surface area (TPSA) is 54.5 Å². The molecule has 0 unspecified atom stereocenters. The number of nitrogens with one attached hydrogen (secondary N) is 1. The second-order valence-corrected chi connectivity index (χ2v) is 5.55. The van der Waals surface area contributed by atoms with Gasteiger partial charge in [-0.05, 0) is 18.6 Å². The normalized spacial score (nSPS) is 12.5. The number of H-pyrrole nitrogens is 1. The van der Waals surface area contributed by atoms with Crippen LogP contribution in [0.5, 0.6) is 0 Å². The Morgan fingerprint density at radius 3 is 3.11 bits per heavy atom. The molecule has 0 atom stereocenters. The van der Waals surface area contributed by atoms with Crippen LogP contribution >= 0.6 is 11.3 Å². The number of rotatable bonds is 1. The molecule has 2 aromatic heterocycles. The molecule has 0 radical (unpaired) electrons. The molecule has 2 heterocycles. The summed E-state index contributed by atoms with van der Waals surface area (Å²) in [6, 6.07) is 6.57. The highest BCUT2D eigenvalue weighted by Crippen LogP contribution is 2.41. The van der Waals surface area contributed by atoms with Crippen LogP contribution in [-0.2, 0) is 6.42 Å². The van der Waals surface area contributed by atoms with Gasteiger partial charge >= 0.3 is 0 Å². The Bertz CT molecular complexity index is 728. The first-order valence-corrected chi connectivity index (χ1v) is 6.58. The lowest BCUT2D eigenvalue weighted by Gasteiger charge is -2.00. The molecule has 18 heavy (non-hydrogen) atoms. The van der Waals surface area contributed by atoms with Crippen LogP contribution in [0.1, 0.15) is 16.0 Å². The molecule has 0 amide bonds. The number of benzene rings is 1. The zero-order chi connectivity index (χ0) is 12.1. The van der Waals surface area contributed by atoms with Crippen LogP contribution in [0.3, 0.4) is 0 Å². The van der Waals surface area contributed by atoms with Crippen LogP contribution in [0.2, 0.25) is 0 Å². The van der Waals surface area contributed by atoms with Crippen molar-refractivity contribution in [1.82, 2.24) is 20.2 Å². The van der Waals surface area contributed by atoms with Crippen molar-refractivity contribution in [2.24, 2.45) is 0 Å². The quantitative estimate of drug-likeness (QED) is 0.568. The molecule has 0 fully saturated rings. The van der Waals surface area contributed by atoms with Gasteiger partial charge in [-0.25, -0.2) is 9.97 Å². The van der Waals surface area contributed by atoms with Crippen molar-refractivity contribution in [2.75, 3.05) is 0 Å². The summed E-state index contributed by atoms with van der Waals surface area (Å²) in [5.41, 5.74) is 5.03. The van der Waals surface area contributed by atoms with Crippen molar-refractivity contribution in [1.29, 1.82) is 0 Å². The summed E-state index contributed by atoms with van der Waals surface area (Å²) in [5, 5.41) is 7.66. The third-order valence-electron chi connectivity index (χ3n) is 3.19. The maximum atomic E-state index is 4.70. The van der Waals surface area contributed by atoms with Crippen molar-refractivity contribution in [2.45, 2.75) is 13.3 Å². The van der Waals surface area contributed by atoms with E-state index in [1.54, 1.807) is 11.3 Å². The van der Waals surface area contributed by atoms with Crippen LogP contribution in [0, 0.1) is 6.92 Å². The van der Waals surface area contributed by atoms with Crippen molar-refractivity contribution in [3.63, 3.8) is 0 Å². The number of thiazole rings is 1. The molecule has 0 saturated heterocycles. The third-order valence-corrected chi connectivity index (χ3v) is 4.25. The minimum atomic E-state index is 0.753. The van der Waals surface area contributed by atoms with Gasteiger partial charge in [-0.3, -0.25) is 5.10 Å². The van der Waals surface area contributed by atoms with Crippen molar-refractivity contribution < 1.29 is 0 Å². The van der Waals surface area contributed by atoms with E-state index >= 15 is 0 Å². The van der Waals surface area contributed by atoms with E-state index in [0.29, 0.717) is 0 Å². The second kappa shape index (κ2) is 3.49. The van der Waals surface area contributed by atoms with Gasteiger partial charge in [-0.2, -0.15) is 5.10 Å². The fourth-order valence-corrected chi connectivity index (χ4v) is 3.37. The number of hydrogen-bond donors (Lipinski definition) is 1. The first kappa shape index (κ1) is 9.96. The van der Waals surface area contributed by atoms with E-state index < -0.39 is 0 Å². The van der Waals surface area contributed by atoms with E-state index in [1.165, 1.54) is 27.9 Å². The SMILES string of the molecule is Cc1ccc2c(c1)-c1nc(-c3ncn[nH]3)sc1C2. The predicted octanol–water partition coefficient (Wildman–Crippen LogP) is 2.81. The molecule has 0 saturated carbocycles. The summed E-state index contributed by atoms with van der Waals surface area (Å²) in [6.45, 7) is 2.11. The summed E-state index contributed by atoms with van der Waals surface area (Å²) >= 11 is 1.70. The summed E-state index contributed by atoms with van der Waals surface area (Å²) in [4.78, 5) is 10.2. The molecule has 4 nitrogen and oxygen atoms in total. The Labute approximate surface area is 108 Å². The Kier molecular flexibility index (Phi) is 1.93. The second-order valence-electron chi connectivity index (χ2n) is 4.46. The molecule has 5 heteroatoms. The smallest absolute Gasteiger partial charge is 0.184 e. The molecule has 88 valence electrons. The van der Waals surface area contributed by atoms with Crippen LogP contribution in [0.15, 0.2) is 24.5 Å². The maximum absolute atomic E-state index is 4.70. The molecular formula is C13H10N4S. The van der Waals surface area contributed by atoms with E-state index in [9.17, 15) is 0 Å². The fourth-order valence-electron chi connectivity index (χ4n) is 2.33. The largest absolute Gasteiger partial charge is 0.257 e. The van der Waals surface area contributed by atoms with Gasteiger partial charge in [0.15, 0.2) is 10.8 Å². The highest BCUT2D eigenvalue weighted by Gasteiger charge is 2.24. The molecule has 0 spiro atoms. The van der Waals surface area contributed by atoms with E-state index in [4.69, 9.17) is 4.98 Å². The average Bonchev–Trinajstić information content (AvgIpc) is 3.02. The minimum absolute atomic E-state index is 0.753. The van der Waals surface area contributed by atoms with Crippen molar-refractivity contribution in [3.05, 3.63) is 40.5 Å². The fraction of sp³-hybridized carbons (Fsp3) is 0.154. The number of fused-ring (bicyclic) bond motifs is 3. The first-order chi connectivity index (χ1) is 8.81. The Morgan fingerprint density at radius 2 is 2.28 bits per heavy atom. The lowest BCUT2D eigenvalue weighted by molar-refractivity contribution is 1.09. The van der Waals surface area contributed by atoms with E-state index in [2.05, 4.69) is 40.3 Å². The van der Waals surface area contributed by atoms with Crippen LogP contribution in [0.25, 0.3) is 22.1 Å². The number of aromatic amines is 1. The van der Waals surface area contributed by atoms with E-state index in [0.717, 1.165) is 22.9 Å². The molecule has 1 aromatic carbocycles. The highest BCUT2D eigenvalue weighted by molar-refractivity contribution is 7.15. The number of nitrogens with zero attached hydrogens (tertiary/aromatic N) is 3. The third kappa shape index (κ3) is 1.34. The molecule has 1 N–H and O–H groups in total. The number of hydrogen-bond acceptors (Lipinski definition) is 4. The number of aryl methyl sites for hydroxylation is 1. The van der Waals surface area contributed by atoms with Crippen LogP contribution < -0.4 is 0 Å². The molecular weight excluding hydrogens is 244 g/mol. The van der Waals surface area contributed by atoms with Gasteiger partial charge in [0.1, 0.15) is 6.33 Å². The summed E-state index contributed by atoms with van der Waals surface area (Å²) < 4.78 is 0. The first-order valence-electron chi connectivity index (χ1n) is 5.76. The van der Waals surface area contributed by atoms with Gasteiger partial charge < -0.3 is 0 Å². The minimum Gasteiger partial charge on any atom is -0.257 e. The van der Waals surface area contributed by atoms with Gasteiger partial charge in [-0.1, -0.05) is 17.7 Å². The molecule has 0 bridgehead atoms. The zero-order valence-corrected chi connectivity index (χ0v) is 10.6. The predicted molar refractivity (Wildman–Crippen MR) is 70.5 cm³/mol. The standard InChI is InChI=1S/C13H10N4S/c1-7-2-3-8-5-10-11(9(8)4-7)16-13(18-10)12-14-6-15-17-12/h2-4,6H,5H2,1H3,(H,14,15,17). The van der Waals surface area contributed by atoms with Gasteiger partial charge in [0, 0.05) is 16.9 Å². The Hall–Kier alpha value is -2.01. The zero-order valence-electron chi connectivity index (χ0n) is 9.77. The molecule has 3 aromatic rings. The summed E-state index contributed by atoms with van der Waals surface area (Å²) in [5.74, 6) is 0.753. The molecule has 1 aliphatic carbocycles. The Balaban J connectivity index is 1.88. The van der Waals surface area contributed by atoms with Crippen LogP contribution in [0.4, 0.5) is 0 Å². The average molecular weight is 254 g/mol. The monoisotopic (exact) mass is 254 g/mol. The molecule has 4 rings (SSSR count). The molecule has 1 aliphatic rings. The van der Waals surface area contributed by atoms with Crippen molar-refractivity contribution in [3.8, 4) is 22.1 Å². The lowest BCUT2D eigenvalue weighted by Crippen LogP contribution is -1.84. The van der Waals surface area contributed by atoms with E-state index in [-0.39, 0.29) is 0 Å². The van der Waals surface area contributed by atoms with Crippen molar-refractivity contribution >= 4 is 11.3 Å². The van der Waals surface area contributed by atoms with Gasteiger partial charge in [0.25, 0.3) is 0 Å². The van der Waals surface area contributed by atoms with Gasteiger partial charge in [-0.15, -0.1) is 11.3 Å². The van der Waals surface area contributed by atoms with Gasteiger partial charge in [0.2, 0.25) is 0 Å².